The Morgan fingerprint density at radius 1 is 1.58 bits per heavy atom. The van der Waals surface area contributed by atoms with Gasteiger partial charge in [0.25, 0.3) is 0 Å². The van der Waals surface area contributed by atoms with E-state index < -0.39 is 5.92 Å². The highest BCUT2D eigenvalue weighted by molar-refractivity contribution is 5.77. The molecule has 6 nitrogen and oxygen atoms in total. The molecule has 2 unspecified atom stereocenters. The van der Waals surface area contributed by atoms with Crippen molar-refractivity contribution in [1.29, 1.82) is 0 Å². The molecule has 0 aliphatic rings. The van der Waals surface area contributed by atoms with Gasteiger partial charge in [-0.2, -0.15) is 0 Å². The molecular weight excluding hydrogens is 250 g/mol. The number of esters is 1. The Morgan fingerprint density at radius 3 is 2.84 bits per heavy atom. The molecule has 1 heterocycles. The molecule has 0 saturated carbocycles. The number of hydrogen-bond acceptors (Lipinski definition) is 6. The summed E-state index contributed by atoms with van der Waals surface area (Å²) in [6.07, 6.45) is 0.580. The third-order valence-electron chi connectivity index (χ3n) is 2.80. The summed E-state index contributed by atoms with van der Waals surface area (Å²) in [5.41, 5.74) is 0.720. The monoisotopic (exact) mass is 271 g/mol. The lowest BCUT2D eigenvalue weighted by molar-refractivity contribution is -0.145. The number of rotatable bonds is 8. The summed E-state index contributed by atoms with van der Waals surface area (Å²) in [6, 6.07) is 1.73. The molecule has 0 bridgehead atoms. The molecule has 0 radical (unpaired) electrons. The Morgan fingerprint density at radius 2 is 2.32 bits per heavy atom. The van der Waals surface area contributed by atoms with Crippen LogP contribution >= 0.6 is 0 Å². The van der Waals surface area contributed by atoms with Crippen LogP contribution in [0, 0.1) is 12.8 Å². The summed E-state index contributed by atoms with van der Waals surface area (Å²) in [5.74, 6) is -0.504. The summed E-state index contributed by atoms with van der Waals surface area (Å²) in [7, 11) is 1.35. The largest absolute Gasteiger partial charge is 0.468 e. The third-order valence-corrected chi connectivity index (χ3v) is 2.80. The minimum Gasteiger partial charge on any atom is -0.468 e. The standard InChI is InChI=1S/C13H21NO5/c1-9(8-18-6-4-5-15)12(13(16)17-3)11-7-10(2)14-19-11/h7,9,12,15H,4-6,8H2,1-3H3. The van der Waals surface area contributed by atoms with Gasteiger partial charge in [-0.15, -0.1) is 0 Å². The van der Waals surface area contributed by atoms with Gasteiger partial charge in [0, 0.05) is 25.2 Å². The van der Waals surface area contributed by atoms with E-state index in [0.29, 0.717) is 25.4 Å². The maximum atomic E-state index is 11.8. The summed E-state index contributed by atoms with van der Waals surface area (Å²) in [6.45, 7) is 4.63. The molecule has 6 heteroatoms. The van der Waals surface area contributed by atoms with Crippen LogP contribution in [0.3, 0.4) is 0 Å². The highest BCUT2D eigenvalue weighted by atomic mass is 16.5. The van der Waals surface area contributed by atoms with Crippen molar-refractivity contribution in [2.24, 2.45) is 5.92 Å². The third kappa shape index (κ3) is 4.65. The first-order chi connectivity index (χ1) is 9.10. The Bertz CT molecular complexity index is 390. The lowest BCUT2D eigenvalue weighted by atomic mass is 9.92. The summed E-state index contributed by atoms with van der Waals surface area (Å²) >= 11 is 0. The van der Waals surface area contributed by atoms with Gasteiger partial charge in [0.15, 0.2) is 5.76 Å². The first-order valence-electron chi connectivity index (χ1n) is 6.29. The summed E-state index contributed by atoms with van der Waals surface area (Å²) in [5, 5.41) is 12.5. The molecule has 0 aliphatic carbocycles. The molecular formula is C13H21NO5. The second kappa shape index (κ2) is 7.91. The van der Waals surface area contributed by atoms with E-state index in [1.807, 2.05) is 6.92 Å². The second-order valence-electron chi connectivity index (χ2n) is 4.50. The van der Waals surface area contributed by atoms with E-state index in [2.05, 4.69) is 5.16 Å². The van der Waals surface area contributed by atoms with Crippen LogP contribution in [0.5, 0.6) is 0 Å². The van der Waals surface area contributed by atoms with Crippen molar-refractivity contribution in [3.8, 4) is 0 Å². The first-order valence-corrected chi connectivity index (χ1v) is 6.29. The van der Waals surface area contributed by atoms with Gasteiger partial charge in [-0.3, -0.25) is 4.79 Å². The molecule has 1 aromatic heterocycles. The van der Waals surface area contributed by atoms with Crippen LogP contribution in [-0.2, 0) is 14.3 Å². The Hall–Kier alpha value is -1.40. The molecule has 108 valence electrons. The minimum absolute atomic E-state index is 0.0934. The summed E-state index contributed by atoms with van der Waals surface area (Å²) < 4.78 is 15.4. The van der Waals surface area contributed by atoms with E-state index in [9.17, 15) is 4.79 Å². The zero-order chi connectivity index (χ0) is 14.3. The van der Waals surface area contributed by atoms with Gasteiger partial charge in [0.2, 0.25) is 0 Å². The van der Waals surface area contributed by atoms with Crippen molar-refractivity contribution in [2.75, 3.05) is 26.9 Å². The van der Waals surface area contributed by atoms with Gasteiger partial charge in [0.1, 0.15) is 5.92 Å². The fraction of sp³-hybridized carbons (Fsp3) is 0.692. The van der Waals surface area contributed by atoms with Crippen LogP contribution in [0.1, 0.15) is 30.7 Å². The number of aryl methyl sites for hydroxylation is 1. The van der Waals surface area contributed by atoms with Crippen molar-refractivity contribution in [1.82, 2.24) is 5.16 Å². The van der Waals surface area contributed by atoms with Gasteiger partial charge in [-0.1, -0.05) is 12.1 Å². The lowest BCUT2D eigenvalue weighted by Crippen LogP contribution is -2.24. The second-order valence-corrected chi connectivity index (χ2v) is 4.50. The number of aromatic nitrogens is 1. The number of aliphatic hydroxyl groups excluding tert-OH is 1. The number of carbonyl (C=O) groups excluding carboxylic acids is 1. The lowest BCUT2D eigenvalue weighted by Gasteiger charge is -2.19. The number of ether oxygens (including phenoxy) is 2. The number of carbonyl (C=O) groups is 1. The number of hydrogen-bond donors (Lipinski definition) is 1. The smallest absolute Gasteiger partial charge is 0.316 e. The van der Waals surface area contributed by atoms with E-state index >= 15 is 0 Å². The van der Waals surface area contributed by atoms with Crippen molar-refractivity contribution in [3.05, 3.63) is 17.5 Å². The van der Waals surface area contributed by atoms with E-state index in [1.165, 1.54) is 7.11 Å². The molecule has 2 atom stereocenters. The Kier molecular flexibility index (Phi) is 6.52. The molecule has 0 fully saturated rings. The van der Waals surface area contributed by atoms with Gasteiger partial charge in [-0.05, 0) is 13.3 Å². The van der Waals surface area contributed by atoms with Gasteiger partial charge < -0.3 is 19.1 Å². The predicted octanol–water partition coefficient (Wildman–Crippen LogP) is 1.27. The van der Waals surface area contributed by atoms with Crippen molar-refractivity contribution < 1.29 is 23.9 Å². The normalized spacial score (nSPS) is 14.1. The van der Waals surface area contributed by atoms with Gasteiger partial charge >= 0.3 is 5.97 Å². The molecule has 0 saturated heterocycles. The Labute approximate surface area is 112 Å². The average molecular weight is 271 g/mol. The predicted molar refractivity (Wildman–Crippen MR) is 67.7 cm³/mol. The number of methoxy groups -OCH3 is 1. The topological polar surface area (TPSA) is 81.8 Å². The van der Waals surface area contributed by atoms with Gasteiger partial charge in [0.05, 0.1) is 19.4 Å². The zero-order valence-electron chi connectivity index (χ0n) is 11.6. The van der Waals surface area contributed by atoms with E-state index in [1.54, 1.807) is 13.0 Å². The Balaban J connectivity index is 2.66. The maximum absolute atomic E-state index is 11.8. The first kappa shape index (κ1) is 15.7. The molecule has 0 amide bonds. The van der Waals surface area contributed by atoms with Crippen LogP contribution in [0.4, 0.5) is 0 Å². The summed E-state index contributed by atoms with van der Waals surface area (Å²) in [4.78, 5) is 11.8. The molecule has 1 rings (SSSR count). The van der Waals surface area contributed by atoms with Crippen molar-refractivity contribution in [2.45, 2.75) is 26.2 Å². The average Bonchev–Trinajstić information content (AvgIpc) is 2.81. The van der Waals surface area contributed by atoms with Gasteiger partial charge in [-0.25, -0.2) is 0 Å². The molecule has 0 aromatic carbocycles. The SMILES string of the molecule is COC(=O)C(c1cc(C)no1)C(C)COCCCO. The fourth-order valence-corrected chi connectivity index (χ4v) is 1.82. The molecule has 1 aromatic rings. The molecule has 1 N–H and O–H groups in total. The molecule has 0 spiro atoms. The van der Waals surface area contributed by atoms with Crippen molar-refractivity contribution >= 4 is 5.97 Å². The highest BCUT2D eigenvalue weighted by Crippen LogP contribution is 2.27. The number of aliphatic hydroxyl groups is 1. The molecule has 19 heavy (non-hydrogen) atoms. The van der Waals surface area contributed by atoms with Crippen LogP contribution in [0.2, 0.25) is 0 Å². The maximum Gasteiger partial charge on any atom is 0.316 e. The van der Waals surface area contributed by atoms with Crippen LogP contribution in [-0.4, -0.2) is 43.2 Å². The van der Waals surface area contributed by atoms with Crippen LogP contribution < -0.4 is 0 Å². The van der Waals surface area contributed by atoms with Crippen molar-refractivity contribution in [3.63, 3.8) is 0 Å². The van der Waals surface area contributed by atoms with E-state index in [0.717, 1.165) is 5.69 Å². The zero-order valence-corrected chi connectivity index (χ0v) is 11.6. The van der Waals surface area contributed by atoms with Crippen LogP contribution in [0.15, 0.2) is 10.6 Å². The highest BCUT2D eigenvalue weighted by Gasteiger charge is 2.31. The quantitative estimate of drug-likeness (QED) is 0.566. The molecule has 0 aliphatic heterocycles. The van der Waals surface area contributed by atoms with E-state index in [-0.39, 0.29) is 18.5 Å². The van der Waals surface area contributed by atoms with Crippen LogP contribution in [0.25, 0.3) is 0 Å². The fourth-order valence-electron chi connectivity index (χ4n) is 1.82. The van der Waals surface area contributed by atoms with E-state index in [4.69, 9.17) is 19.1 Å². The number of nitrogens with zero attached hydrogens (tertiary/aromatic N) is 1. The minimum atomic E-state index is -0.527.